The van der Waals surface area contributed by atoms with Crippen LogP contribution in [-0.4, -0.2) is 38.9 Å². The summed E-state index contributed by atoms with van der Waals surface area (Å²) in [7, 11) is -2.33. The van der Waals surface area contributed by atoms with E-state index in [1.54, 1.807) is 0 Å². The first-order valence-corrected chi connectivity index (χ1v) is 11.3. The van der Waals surface area contributed by atoms with E-state index >= 15 is 0 Å². The van der Waals surface area contributed by atoms with Crippen LogP contribution in [0.25, 0.3) is 0 Å². The van der Waals surface area contributed by atoms with Gasteiger partial charge in [-0.25, -0.2) is 13.2 Å². The summed E-state index contributed by atoms with van der Waals surface area (Å²) >= 11 is 0. The number of sulfonamides is 1. The van der Waals surface area contributed by atoms with Crippen molar-refractivity contribution in [3.8, 4) is 5.75 Å². The zero-order chi connectivity index (χ0) is 20.9. The number of hydrogen-bond donors (Lipinski definition) is 0. The van der Waals surface area contributed by atoms with Crippen molar-refractivity contribution < 1.29 is 22.7 Å². The van der Waals surface area contributed by atoms with Crippen LogP contribution in [-0.2, 0) is 21.4 Å². The Labute approximate surface area is 172 Å². The second-order valence-corrected chi connectivity index (χ2v) is 9.09. The Kier molecular flexibility index (Phi) is 6.92. The molecule has 0 aliphatic carbocycles. The Hall–Kier alpha value is -2.38. The molecule has 6 nitrogen and oxygen atoms in total. The van der Waals surface area contributed by atoms with Gasteiger partial charge in [-0.1, -0.05) is 37.1 Å². The Balaban J connectivity index is 1.84. The van der Waals surface area contributed by atoms with E-state index in [1.165, 1.54) is 29.6 Å². The van der Waals surface area contributed by atoms with Crippen LogP contribution < -0.4 is 4.74 Å². The van der Waals surface area contributed by atoms with Crippen molar-refractivity contribution in [1.29, 1.82) is 0 Å². The van der Waals surface area contributed by atoms with Crippen molar-refractivity contribution in [3.05, 3.63) is 59.2 Å². The van der Waals surface area contributed by atoms with Crippen LogP contribution in [0.3, 0.4) is 0 Å². The molecule has 0 amide bonds. The van der Waals surface area contributed by atoms with E-state index < -0.39 is 16.0 Å². The van der Waals surface area contributed by atoms with E-state index in [2.05, 4.69) is 0 Å². The summed E-state index contributed by atoms with van der Waals surface area (Å²) in [6.07, 6.45) is 3.71. The average Bonchev–Trinajstić information content (AvgIpc) is 3.02. The van der Waals surface area contributed by atoms with Crippen molar-refractivity contribution >= 4 is 16.0 Å². The maximum absolute atomic E-state index is 13.2. The number of esters is 1. The fourth-order valence-corrected chi connectivity index (χ4v) is 5.12. The van der Waals surface area contributed by atoms with Crippen LogP contribution >= 0.6 is 0 Å². The number of benzene rings is 2. The third kappa shape index (κ3) is 4.97. The largest absolute Gasteiger partial charge is 0.495 e. The van der Waals surface area contributed by atoms with Crippen molar-refractivity contribution in [2.24, 2.45) is 0 Å². The molecule has 0 spiro atoms. The molecule has 0 N–H and O–H groups in total. The van der Waals surface area contributed by atoms with E-state index in [-0.39, 0.29) is 22.8 Å². The van der Waals surface area contributed by atoms with Crippen LogP contribution in [0.1, 0.15) is 47.2 Å². The van der Waals surface area contributed by atoms with Gasteiger partial charge in [-0.3, -0.25) is 0 Å². The topological polar surface area (TPSA) is 72.9 Å². The van der Waals surface area contributed by atoms with Crippen molar-refractivity contribution in [1.82, 2.24) is 4.31 Å². The van der Waals surface area contributed by atoms with E-state index in [0.717, 1.165) is 36.8 Å². The molecule has 0 unspecified atom stereocenters. The van der Waals surface area contributed by atoms with Gasteiger partial charge in [0, 0.05) is 13.1 Å². The second kappa shape index (κ2) is 9.41. The fourth-order valence-electron chi connectivity index (χ4n) is 3.43. The number of methoxy groups -OCH3 is 1. The summed E-state index contributed by atoms with van der Waals surface area (Å²) in [5.41, 5.74) is 2.12. The molecule has 2 aromatic carbocycles. The highest BCUT2D eigenvalue weighted by atomic mass is 32.2. The summed E-state index contributed by atoms with van der Waals surface area (Å²) in [6, 6.07) is 12.0. The first kappa shape index (κ1) is 21.3. The normalized spacial score (nSPS) is 15.5. The number of aryl methyl sites for hydroxylation is 1. The number of rotatable bonds is 6. The number of carbonyl (C=O) groups is 1. The summed E-state index contributed by atoms with van der Waals surface area (Å²) in [6.45, 7) is 3.04. The maximum Gasteiger partial charge on any atom is 0.338 e. The van der Waals surface area contributed by atoms with Gasteiger partial charge >= 0.3 is 5.97 Å². The lowest BCUT2D eigenvalue weighted by molar-refractivity contribution is 0.0472. The number of nitrogens with zero attached hydrogens (tertiary/aromatic N) is 1. The Morgan fingerprint density at radius 2 is 1.72 bits per heavy atom. The Morgan fingerprint density at radius 1 is 1.03 bits per heavy atom. The minimum atomic E-state index is -3.76. The zero-order valence-corrected chi connectivity index (χ0v) is 17.7. The molecule has 0 atom stereocenters. The number of hydrogen-bond acceptors (Lipinski definition) is 5. The van der Waals surface area contributed by atoms with Crippen molar-refractivity contribution in [2.75, 3.05) is 20.2 Å². The molecule has 0 aromatic heterocycles. The summed E-state index contributed by atoms with van der Waals surface area (Å²) < 4.78 is 38.6. The molecule has 1 heterocycles. The highest BCUT2D eigenvalue weighted by molar-refractivity contribution is 7.89. The molecule has 0 radical (unpaired) electrons. The predicted octanol–water partition coefficient (Wildman–Crippen LogP) is 3.93. The van der Waals surface area contributed by atoms with Gasteiger partial charge in [-0.15, -0.1) is 0 Å². The van der Waals surface area contributed by atoms with Gasteiger partial charge in [0.2, 0.25) is 10.0 Å². The molecule has 7 heteroatoms. The summed E-state index contributed by atoms with van der Waals surface area (Å²) in [5, 5.41) is 0. The van der Waals surface area contributed by atoms with Crippen LogP contribution in [0.4, 0.5) is 0 Å². The lowest BCUT2D eigenvalue weighted by Crippen LogP contribution is -2.32. The van der Waals surface area contributed by atoms with Gasteiger partial charge in [-0.05, 0) is 49.1 Å². The minimum Gasteiger partial charge on any atom is -0.495 e. The number of ether oxygens (including phenoxy) is 2. The first-order chi connectivity index (χ1) is 13.9. The van der Waals surface area contributed by atoms with Crippen LogP contribution in [0.5, 0.6) is 5.75 Å². The van der Waals surface area contributed by atoms with Gasteiger partial charge in [0.1, 0.15) is 17.3 Å². The molecular formula is C22H27NO5S. The molecule has 1 aliphatic heterocycles. The van der Waals surface area contributed by atoms with Gasteiger partial charge < -0.3 is 9.47 Å². The Morgan fingerprint density at radius 3 is 2.38 bits per heavy atom. The highest BCUT2D eigenvalue weighted by Crippen LogP contribution is 2.29. The summed E-state index contributed by atoms with van der Waals surface area (Å²) in [4.78, 5) is 12.6. The fraction of sp³-hybridized carbons (Fsp3) is 0.409. The smallest absolute Gasteiger partial charge is 0.338 e. The minimum absolute atomic E-state index is 0.00671. The van der Waals surface area contributed by atoms with E-state index in [9.17, 15) is 13.2 Å². The quantitative estimate of drug-likeness (QED) is 0.666. The molecule has 0 bridgehead atoms. The number of carbonyl (C=O) groups excluding carboxylic acids is 1. The Bertz CT molecular complexity index is 963. The van der Waals surface area contributed by atoms with Crippen LogP contribution in [0.2, 0.25) is 0 Å². The van der Waals surface area contributed by atoms with Crippen LogP contribution in [0.15, 0.2) is 47.4 Å². The molecule has 2 aromatic rings. The molecule has 1 aliphatic rings. The third-order valence-electron chi connectivity index (χ3n) is 5.20. The molecule has 156 valence electrons. The second-order valence-electron chi connectivity index (χ2n) is 7.19. The third-order valence-corrected chi connectivity index (χ3v) is 7.12. The van der Waals surface area contributed by atoms with Crippen molar-refractivity contribution in [2.45, 2.75) is 44.1 Å². The zero-order valence-electron chi connectivity index (χ0n) is 16.9. The molecule has 29 heavy (non-hydrogen) atoms. The molecule has 1 saturated heterocycles. The van der Waals surface area contributed by atoms with E-state index in [0.29, 0.717) is 13.1 Å². The highest BCUT2D eigenvalue weighted by Gasteiger charge is 2.29. The van der Waals surface area contributed by atoms with Gasteiger partial charge in [0.15, 0.2) is 0 Å². The van der Waals surface area contributed by atoms with Gasteiger partial charge in [0.05, 0.1) is 12.7 Å². The molecule has 3 rings (SSSR count). The summed E-state index contributed by atoms with van der Waals surface area (Å²) in [5.74, 6) is -0.340. The molecule has 0 saturated carbocycles. The predicted molar refractivity (Wildman–Crippen MR) is 111 cm³/mol. The van der Waals surface area contributed by atoms with Crippen molar-refractivity contribution in [3.63, 3.8) is 0 Å². The molecular weight excluding hydrogens is 390 g/mol. The average molecular weight is 418 g/mol. The first-order valence-electron chi connectivity index (χ1n) is 9.83. The SMILES string of the molecule is COc1ccc(C(=O)OCc2ccccc2C)cc1S(=O)(=O)N1CCCCCC1. The van der Waals surface area contributed by atoms with Gasteiger partial charge in [-0.2, -0.15) is 4.31 Å². The van der Waals surface area contributed by atoms with E-state index in [1.807, 2.05) is 31.2 Å². The van der Waals surface area contributed by atoms with Crippen LogP contribution in [0, 0.1) is 6.92 Å². The van der Waals surface area contributed by atoms with E-state index in [4.69, 9.17) is 9.47 Å². The monoisotopic (exact) mass is 417 g/mol. The lowest BCUT2D eigenvalue weighted by Gasteiger charge is -2.21. The van der Waals surface area contributed by atoms with Gasteiger partial charge in [0.25, 0.3) is 0 Å². The molecule has 1 fully saturated rings. The standard InChI is InChI=1S/C22H27NO5S/c1-17-9-5-6-10-19(17)16-28-22(24)18-11-12-20(27-2)21(15-18)29(25,26)23-13-7-3-4-8-14-23/h5-6,9-12,15H,3-4,7-8,13-14,16H2,1-2H3. The maximum atomic E-state index is 13.2. The lowest BCUT2D eigenvalue weighted by atomic mass is 10.1.